The SMILES string of the molecule is Cn1ccc(COc2ccc(F)cc2[B-](F)(F)F)n1.[K+]. The van der Waals surface area contributed by atoms with E-state index in [2.05, 4.69) is 5.10 Å². The van der Waals surface area contributed by atoms with Gasteiger partial charge in [0.2, 0.25) is 0 Å². The van der Waals surface area contributed by atoms with Crippen LogP contribution in [0.5, 0.6) is 5.75 Å². The van der Waals surface area contributed by atoms with E-state index >= 15 is 0 Å². The molecule has 0 spiro atoms. The number of hydrogen-bond acceptors (Lipinski definition) is 2. The summed E-state index contributed by atoms with van der Waals surface area (Å²) in [5.74, 6) is -1.33. The Balaban J connectivity index is 0.00000200. The van der Waals surface area contributed by atoms with Gasteiger partial charge >= 0.3 is 58.4 Å². The van der Waals surface area contributed by atoms with Gasteiger partial charge in [0.25, 0.3) is 0 Å². The van der Waals surface area contributed by atoms with Crippen molar-refractivity contribution in [3.8, 4) is 5.75 Å². The van der Waals surface area contributed by atoms with Crippen LogP contribution in [0.2, 0.25) is 0 Å². The quantitative estimate of drug-likeness (QED) is 0.546. The summed E-state index contributed by atoms with van der Waals surface area (Å²) in [6.07, 6.45) is 1.65. The van der Waals surface area contributed by atoms with Crippen LogP contribution >= 0.6 is 0 Å². The van der Waals surface area contributed by atoms with Crippen LogP contribution in [0.25, 0.3) is 0 Å². The van der Waals surface area contributed by atoms with Crippen LogP contribution < -0.4 is 61.6 Å². The van der Waals surface area contributed by atoms with Crippen LogP contribution in [-0.2, 0) is 13.7 Å². The number of ether oxygens (including phenoxy) is 1. The first-order valence-corrected chi connectivity index (χ1v) is 5.47. The van der Waals surface area contributed by atoms with Gasteiger partial charge in [-0.3, -0.25) is 4.68 Å². The first-order chi connectivity index (χ1) is 8.86. The van der Waals surface area contributed by atoms with E-state index in [1.165, 1.54) is 4.68 Å². The summed E-state index contributed by atoms with van der Waals surface area (Å²) in [5, 5.41) is 3.98. The summed E-state index contributed by atoms with van der Waals surface area (Å²) in [6.45, 7) is -5.43. The average Bonchev–Trinajstić information content (AvgIpc) is 2.72. The van der Waals surface area contributed by atoms with Crippen LogP contribution in [-0.4, -0.2) is 16.8 Å². The molecule has 20 heavy (non-hydrogen) atoms. The van der Waals surface area contributed by atoms with E-state index in [1.54, 1.807) is 19.3 Å². The van der Waals surface area contributed by atoms with Crippen LogP contribution in [0.4, 0.5) is 17.3 Å². The van der Waals surface area contributed by atoms with E-state index in [4.69, 9.17) is 4.74 Å². The molecule has 0 fully saturated rings. The van der Waals surface area contributed by atoms with Crippen LogP contribution in [0.15, 0.2) is 30.5 Å². The van der Waals surface area contributed by atoms with Crippen molar-refractivity contribution in [1.82, 2.24) is 9.78 Å². The van der Waals surface area contributed by atoms with Gasteiger partial charge in [-0.15, -0.1) is 0 Å². The van der Waals surface area contributed by atoms with Crippen LogP contribution in [0.3, 0.4) is 0 Å². The van der Waals surface area contributed by atoms with Crippen molar-refractivity contribution < 1.29 is 73.5 Å². The van der Waals surface area contributed by atoms with Crippen molar-refractivity contribution in [3.05, 3.63) is 42.0 Å². The third kappa shape index (κ3) is 4.59. The van der Waals surface area contributed by atoms with E-state index < -0.39 is 18.3 Å². The zero-order valence-corrected chi connectivity index (χ0v) is 14.1. The maximum atomic E-state index is 12.9. The second-order valence-electron chi connectivity index (χ2n) is 4.03. The molecular weight excluding hydrogens is 302 g/mol. The fourth-order valence-electron chi connectivity index (χ4n) is 1.60. The monoisotopic (exact) mass is 312 g/mol. The molecule has 0 aliphatic rings. The van der Waals surface area contributed by atoms with Crippen LogP contribution in [0.1, 0.15) is 5.69 Å². The van der Waals surface area contributed by atoms with E-state index in [-0.39, 0.29) is 63.7 Å². The Morgan fingerprint density at radius 2 is 1.95 bits per heavy atom. The molecule has 2 rings (SSSR count). The van der Waals surface area contributed by atoms with Crippen molar-refractivity contribution in [3.63, 3.8) is 0 Å². The zero-order valence-electron chi connectivity index (χ0n) is 11.0. The molecule has 1 aromatic carbocycles. The molecule has 0 amide bonds. The Labute approximate surface area is 155 Å². The van der Waals surface area contributed by atoms with Gasteiger partial charge < -0.3 is 17.7 Å². The second-order valence-corrected chi connectivity index (χ2v) is 4.03. The van der Waals surface area contributed by atoms with Crippen molar-refractivity contribution in [1.29, 1.82) is 0 Å². The minimum absolute atomic E-state index is 0. The fraction of sp³-hybridized carbons (Fsp3) is 0.182. The summed E-state index contributed by atoms with van der Waals surface area (Å²) in [5.41, 5.74) is -0.580. The zero-order chi connectivity index (χ0) is 14.0. The van der Waals surface area contributed by atoms with Gasteiger partial charge in [0.05, 0.1) is 11.4 Å². The van der Waals surface area contributed by atoms with Crippen LogP contribution in [0, 0.1) is 5.82 Å². The van der Waals surface area contributed by atoms with Gasteiger partial charge in [0, 0.05) is 13.2 Å². The van der Waals surface area contributed by atoms with Gasteiger partial charge in [-0.1, -0.05) is 5.46 Å². The predicted octanol–water partition coefficient (Wildman–Crippen LogP) is -0.803. The number of hydrogen-bond donors (Lipinski definition) is 0. The van der Waals surface area contributed by atoms with E-state index in [9.17, 15) is 17.3 Å². The third-order valence-electron chi connectivity index (χ3n) is 2.47. The topological polar surface area (TPSA) is 27.1 Å². The summed E-state index contributed by atoms with van der Waals surface area (Å²) in [6, 6.07) is 3.97. The third-order valence-corrected chi connectivity index (χ3v) is 2.47. The molecule has 0 aliphatic heterocycles. The van der Waals surface area contributed by atoms with Gasteiger partial charge in [-0.05, 0) is 24.3 Å². The van der Waals surface area contributed by atoms with Crippen molar-refractivity contribution in [2.45, 2.75) is 6.61 Å². The molecule has 2 aromatic rings. The maximum absolute atomic E-state index is 12.9. The Hall–Kier alpha value is -0.349. The molecule has 0 unspecified atom stereocenters. The number of benzene rings is 1. The Morgan fingerprint density at radius 3 is 2.50 bits per heavy atom. The number of nitrogens with zero attached hydrogens (tertiary/aromatic N) is 2. The molecule has 3 nitrogen and oxygen atoms in total. The number of aromatic nitrogens is 2. The fourth-order valence-corrected chi connectivity index (χ4v) is 1.60. The molecule has 1 heterocycles. The van der Waals surface area contributed by atoms with Crippen molar-refractivity contribution in [2.24, 2.45) is 7.05 Å². The molecule has 0 N–H and O–H groups in total. The summed E-state index contributed by atoms with van der Waals surface area (Å²) in [4.78, 5) is 0. The minimum atomic E-state index is -5.33. The predicted molar refractivity (Wildman–Crippen MR) is 62.7 cm³/mol. The first kappa shape index (κ1) is 17.7. The normalized spacial score (nSPS) is 11.1. The molecule has 0 bridgehead atoms. The molecule has 0 atom stereocenters. The van der Waals surface area contributed by atoms with Crippen molar-refractivity contribution >= 4 is 12.4 Å². The summed E-state index contributed by atoms with van der Waals surface area (Å²) >= 11 is 0. The molecule has 0 saturated heterocycles. The Bertz CT molecular complexity index is 588. The molecule has 9 heteroatoms. The van der Waals surface area contributed by atoms with Gasteiger partial charge in [-0.2, -0.15) is 5.10 Å². The molecule has 0 saturated carbocycles. The Kier molecular flexibility index (Phi) is 6.27. The van der Waals surface area contributed by atoms with Crippen molar-refractivity contribution in [2.75, 3.05) is 0 Å². The number of halogens is 4. The van der Waals surface area contributed by atoms with Gasteiger partial charge in [0.15, 0.2) is 0 Å². The van der Waals surface area contributed by atoms with E-state index in [1.807, 2.05) is 0 Å². The van der Waals surface area contributed by atoms with Gasteiger partial charge in [-0.25, -0.2) is 4.39 Å². The van der Waals surface area contributed by atoms with E-state index in [0.29, 0.717) is 11.8 Å². The molecule has 102 valence electrons. The molecule has 1 aromatic heterocycles. The number of rotatable bonds is 4. The largest absolute Gasteiger partial charge is 1.00 e. The molecular formula is C11H10BF4KN2O. The average molecular weight is 312 g/mol. The second kappa shape index (κ2) is 7.08. The minimum Gasteiger partial charge on any atom is -0.490 e. The molecule has 0 radical (unpaired) electrons. The maximum Gasteiger partial charge on any atom is 1.00 e. The van der Waals surface area contributed by atoms with Gasteiger partial charge in [0.1, 0.15) is 12.4 Å². The molecule has 0 aliphatic carbocycles. The summed E-state index contributed by atoms with van der Waals surface area (Å²) < 4.78 is 57.7. The Morgan fingerprint density at radius 1 is 1.25 bits per heavy atom. The standard InChI is InChI=1S/C11H10BF4N2O.K/c1-18-5-4-9(17-18)7-19-11-3-2-8(13)6-10(11)12(14,15)16;/h2-6H,7H2,1H3;/q-1;+1. The number of aryl methyl sites for hydroxylation is 1. The van der Waals surface area contributed by atoms with E-state index in [0.717, 1.165) is 12.1 Å². The first-order valence-electron chi connectivity index (χ1n) is 5.47. The smallest absolute Gasteiger partial charge is 0.490 e. The summed E-state index contributed by atoms with van der Waals surface area (Å²) in [7, 11) is 1.69.